The Morgan fingerprint density at radius 2 is 2.22 bits per heavy atom. The summed E-state index contributed by atoms with van der Waals surface area (Å²) in [4.78, 5) is 0.0393. The monoisotopic (exact) mass is 286 g/mol. The van der Waals surface area contributed by atoms with E-state index in [4.69, 9.17) is 16.3 Å². The quantitative estimate of drug-likeness (QED) is 0.864. The Morgan fingerprint density at radius 3 is 2.83 bits per heavy atom. The summed E-state index contributed by atoms with van der Waals surface area (Å²) < 4.78 is 30.7. The first kappa shape index (κ1) is 12.9. The van der Waals surface area contributed by atoms with E-state index in [0.29, 0.717) is 11.6 Å². The molecule has 0 aliphatic carbocycles. The zero-order chi connectivity index (χ0) is 13.2. The lowest BCUT2D eigenvalue weighted by molar-refractivity contribution is 0.331. The van der Waals surface area contributed by atoms with Crippen LogP contribution in [0.1, 0.15) is 6.92 Å². The molecule has 1 aromatic carbocycles. The van der Waals surface area contributed by atoms with Crippen LogP contribution >= 0.6 is 11.6 Å². The Labute approximate surface area is 110 Å². The molecule has 0 spiro atoms. The summed E-state index contributed by atoms with van der Waals surface area (Å²) in [5, 5.41) is 4.14. The van der Waals surface area contributed by atoms with E-state index in [-0.39, 0.29) is 10.6 Å². The minimum atomic E-state index is -3.74. The van der Waals surface area contributed by atoms with E-state index in [0.717, 1.165) is 4.09 Å². The second-order valence-electron chi connectivity index (χ2n) is 3.41. The fourth-order valence-electron chi connectivity index (χ4n) is 1.46. The van der Waals surface area contributed by atoms with Gasteiger partial charge < -0.3 is 4.74 Å². The van der Waals surface area contributed by atoms with E-state index in [2.05, 4.69) is 5.10 Å². The topological polar surface area (TPSA) is 61.2 Å². The molecule has 0 fully saturated rings. The summed E-state index contributed by atoms with van der Waals surface area (Å²) in [6.45, 7) is 2.12. The maximum Gasteiger partial charge on any atom is 0.286 e. The van der Waals surface area contributed by atoms with Crippen molar-refractivity contribution in [1.82, 2.24) is 9.19 Å². The van der Waals surface area contributed by atoms with E-state index in [1.165, 1.54) is 36.7 Å². The summed E-state index contributed by atoms with van der Waals surface area (Å²) in [5.41, 5.74) is 0. The molecule has 96 valence electrons. The average Bonchev–Trinajstić information content (AvgIpc) is 2.83. The van der Waals surface area contributed by atoms with Crippen LogP contribution in [0.25, 0.3) is 0 Å². The highest BCUT2D eigenvalue weighted by Crippen LogP contribution is 2.28. The molecule has 0 N–H and O–H groups in total. The molecule has 0 saturated carbocycles. The van der Waals surface area contributed by atoms with Crippen molar-refractivity contribution in [3.63, 3.8) is 0 Å². The van der Waals surface area contributed by atoms with Crippen molar-refractivity contribution in [3.8, 4) is 5.75 Å². The second kappa shape index (κ2) is 4.99. The Kier molecular flexibility index (Phi) is 3.58. The first-order valence-corrected chi connectivity index (χ1v) is 7.05. The Hall–Kier alpha value is -1.53. The number of hydrogen-bond donors (Lipinski definition) is 0. The third-order valence-electron chi connectivity index (χ3n) is 2.21. The summed E-state index contributed by atoms with van der Waals surface area (Å²) >= 11 is 5.83. The number of hydrogen-bond acceptors (Lipinski definition) is 4. The summed E-state index contributed by atoms with van der Waals surface area (Å²) in [6.07, 6.45) is 2.76. The molecular formula is C11H11ClN2O3S. The van der Waals surface area contributed by atoms with Crippen LogP contribution in [-0.2, 0) is 10.0 Å². The maximum atomic E-state index is 12.3. The van der Waals surface area contributed by atoms with Crippen LogP contribution < -0.4 is 4.74 Å². The van der Waals surface area contributed by atoms with E-state index in [1.54, 1.807) is 6.92 Å². The molecule has 0 radical (unpaired) electrons. The van der Waals surface area contributed by atoms with Gasteiger partial charge in [-0.05, 0) is 25.1 Å². The Balaban J connectivity index is 2.57. The fourth-order valence-corrected chi connectivity index (χ4v) is 2.85. The second-order valence-corrected chi connectivity index (χ2v) is 5.61. The molecule has 18 heavy (non-hydrogen) atoms. The van der Waals surface area contributed by atoms with Gasteiger partial charge in [-0.3, -0.25) is 0 Å². The lowest BCUT2D eigenvalue weighted by atomic mass is 10.3. The molecule has 0 atom stereocenters. The molecule has 0 aliphatic heterocycles. The van der Waals surface area contributed by atoms with Crippen LogP contribution in [0.3, 0.4) is 0 Å². The van der Waals surface area contributed by atoms with Gasteiger partial charge in [0.25, 0.3) is 10.0 Å². The molecule has 1 heterocycles. The predicted molar refractivity (Wildman–Crippen MR) is 67.4 cm³/mol. The maximum absolute atomic E-state index is 12.3. The van der Waals surface area contributed by atoms with Crippen molar-refractivity contribution in [3.05, 3.63) is 41.7 Å². The molecule has 0 aliphatic rings. The Morgan fingerprint density at radius 1 is 1.44 bits per heavy atom. The van der Waals surface area contributed by atoms with Crippen molar-refractivity contribution in [2.24, 2.45) is 0 Å². The van der Waals surface area contributed by atoms with Crippen LogP contribution in [0.5, 0.6) is 5.75 Å². The number of ether oxygens (including phenoxy) is 1. The lowest BCUT2D eigenvalue weighted by Crippen LogP contribution is -2.14. The number of rotatable bonds is 4. The first-order chi connectivity index (χ1) is 8.55. The largest absolute Gasteiger partial charge is 0.492 e. The molecule has 0 amide bonds. The zero-order valence-electron chi connectivity index (χ0n) is 9.58. The third-order valence-corrected chi connectivity index (χ3v) is 4.05. The van der Waals surface area contributed by atoms with Crippen molar-refractivity contribution in [2.45, 2.75) is 11.8 Å². The van der Waals surface area contributed by atoms with Crippen LogP contribution in [0, 0.1) is 0 Å². The van der Waals surface area contributed by atoms with Gasteiger partial charge >= 0.3 is 0 Å². The van der Waals surface area contributed by atoms with Gasteiger partial charge in [0, 0.05) is 17.3 Å². The SMILES string of the molecule is CCOc1cc(Cl)ccc1S(=O)(=O)n1cccn1. The molecule has 2 rings (SSSR count). The normalized spacial score (nSPS) is 11.4. The minimum Gasteiger partial charge on any atom is -0.492 e. The Bertz CT molecular complexity index is 638. The van der Waals surface area contributed by atoms with E-state index in [1.807, 2.05) is 0 Å². The van der Waals surface area contributed by atoms with Crippen LogP contribution in [0.2, 0.25) is 5.02 Å². The predicted octanol–water partition coefficient (Wildman–Crippen LogP) is 2.17. The molecule has 0 unspecified atom stereocenters. The highest BCUT2D eigenvalue weighted by Gasteiger charge is 2.22. The van der Waals surface area contributed by atoms with Gasteiger partial charge in [0.15, 0.2) is 0 Å². The molecule has 1 aromatic heterocycles. The van der Waals surface area contributed by atoms with E-state index >= 15 is 0 Å². The van der Waals surface area contributed by atoms with Crippen molar-refractivity contribution >= 4 is 21.6 Å². The van der Waals surface area contributed by atoms with Gasteiger partial charge in [0.05, 0.1) is 12.8 Å². The van der Waals surface area contributed by atoms with E-state index in [9.17, 15) is 8.42 Å². The van der Waals surface area contributed by atoms with Crippen molar-refractivity contribution in [1.29, 1.82) is 0 Å². The van der Waals surface area contributed by atoms with Gasteiger partial charge in [0.2, 0.25) is 0 Å². The van der Waals surface area contributed by atoms with Gasteiger partial charge in [0.1, 0.15) is 10.6 Å². The highest BCUT2D eigenvalue weighted by atomic mass is 35.5. The van der Waals surface area contributed by atoms with Gasteiger partial charge in [-0.2, -0.15) is 17.6 Å². The average molecular weight is 287 g/mol. The smallest absolute Gasteiger partial charge is 0.286 e. The molecule has 0 saturated heterocycles. The van der Waals surface area contributed by atoms with Crippen LogP contribution in [-0.4, -0.2) is 24.2 Å². The van der Waals surface area contributed by atoms with Crippen LogP contribution in [0.4, 0.5) is 0 Å². The summed E-state index contributed by atoms with van der Waals surface area (Å²) in [6, 6.07) is 5.92. The number of nitrogens with zero attached hydrogens (tertiary/aromatic N) is 2. The first-order valence-electron chi connectivity index (χ1n) is 5.23. The van der Waals surface area contributed by atoms with Crippen LogP contribution in [0.15, 0.2) is 41.6 Å². The standard InChI is InChI=1S/C11H11ClN2O3S/c1-2-17-10-8-9(12)4-5-11(10)18(15,16)14-7-3-6-13-14/h3-8H,2H2,1H3. The molecular weight excluding hydrogens is 276 g/mol. The van der Waals surface area contributed by atoms with Gasteiger partial charge in [-0.15, -0.1) is 0 Å². The third kappa shape index (κ3) is 2.34. The zero-order valence-corrected chi connectivity index (χ0v) is 11.1. The van der Waals surface area contributed by atoms with E-state index < -0.39 is 10.0 Å². The van der Waals surface area contributed by atoms with Crippen molar-refractivity contribution < 1.29 is 13.2 Å². The minimum absolute atomic E-state index is 0.0393. The van der Waals surface area contributed by atoms with Crippen molar-refractivity contribution in [2.75, 3.05) is 6.61 Å². The molecule has 7 heteroatoms. The molecule has 5 nitrogen and oxygen atoms in total. The van der Waals surface area contributed by atoms with Gasteiger partial charge in [-0.1, -0.05) is 11.6 Å². The summed E-state index contributed by atoms with van der Waals surface area (Å²) in [5.74, 6) is 0.223. The number of benzene rings is 1. The number of aromatic nitrogens is 2. The summed E-state index contributed by atoms with van der Waals surface area (Å²) in [7, 11) is -3.74. The highest BCUT2D eigenvalue weighted by molar-refractivity contribution is 7.90. The fraction of sp³-hybridized carbons (Fsp3) is 0.182. The lowest BCUT2D eigenvalue weighted by Gasteiger charge is -2.11. The van der Waals surface area contributed by atoms with Gasteiger partial charge in [-0.25, -0.2) is 0 Å². The molecule has 0 bridgehead atoms. The number of halogens is 1. The molecule has 2 aromatic rings.